The minimum atomic E-state index is -0.0936. The number of rotatable bonds is 5. The first-order chi connectivity index (χ1) is 13.5. The Morgan fingerprint density at radius 2 is 1.71 bits per heavy atom. The van der Waals surface area contributed by atoms with E-state index >= 15 is 0 Å². The number of allylic oxidation sites excluding steroid dienone is 6. The van der Waals surface area contributed by atoms with Crippen molar-refractivity contribution in [1.29, 1.82) is 0 Å². The van der Waals surface area contributed by atoms with Crippen LogP contribution in [0.2, 0.25) is 0 Å². The lowest BCUT2D eigenvalue weighted by Gasteiger charge is -2.06. The Balaban J connectivity index is 0.000000509. The number of carbonyl (C=O) groups excluding carboxylic acids is 1. The molecule has 1 atom stereocenters. The summed E-state index contributed by atoms with van der Waals surface area (Å²) in [6, 6.07) is 7.69. The SMILES string of the molecule is C=C(C)c1cccnc1.C\C=C/C=C\C(C)=C/C(N)c1cccnc1.NC=O. The van der Waals surface area contributed by atoms with Gasteiger partial charge in [-0.15, -0.1) is 0 Å². The monoisotopic (exact) mass is 378 g/mol. The second-order valence-corrected chi connectivity index (χ2v) is 5.77. The Morgan fingerprint density at radius 3 is 2.14 bits per heavy atom. The third-order valence-corrected chi connectivity index (χ3v) is 3.33. The molecule has 4 N–H and O–H groups in total. The molecule has 0 aromatic carbocycles. The normalized spacial score (nSPS) is 11.8. The number of hydrogen-bond acceptors (Lipinski definition) is 4. The van der Waals surface area contributed by atoms with Gasteiger partial charge in [0.2, 0.25) is 6.41 Å². The van der Waals surface area contributed by atoms with E-state index in [9.17, 15) is 0 Å². The van der Waals surface area contributed by atoms with Gasteiger partial charge in [-0.1, -0.05) is 54.7 Å². The summed E-state index contributed by atoms with van der Waals surface area (Å²) in [6.45, 7) is 9.78. The number of carbonyl (C=O) groups is 1. The number of hydrogen-bond donors (Lipinski definition) is 2. The first-order valence-electron chi connectivity index (χ1n) is 8.80. The molecule has 2 heterocycles. The Kier molecular flexibility index (Phi) is 14.0. The van der Waals surface area contributed by atoms with Gasteiger partial charge in [0.05, 0.1) is 6.04 Å². The van der Waals surface area contributed by atoms with Crippen molar-refractivity contribution < 1.29 is 4.79 Å². The van der Waals surface area contributed by atoms with Crippen molar-refractivity contribution in [3.05, 3.63) is 103 Å². The average Bonchev–Trinajstić information content (AvgIpc) is 2.70. The van der Waals surface area contributed by atoms with Gasteiger partial charge < -0.3 is 11.5 Å². The molecule has 148 valence electrons. The smallest absolute Gasteiger partial charge is 0.204 e. The summed E-state index contributed by atoms with van der Waals surface area (Å²) in [5.74, 6) is 0. The molecule has 0 aliphatic rings. The Bertz CT molecular complexity index is 766. The van der Waals surface area contributed by atoms with E-state index in [4.69, 9.17) is 10.5 Å². The van der Waals surface area contributed by atoms with E-state index in [0.717, 1.165) is 22.3 Å². The van der Waals surface area contributed by atoms with E-state index in [1.54, 1.807) is 18.6 Å². The van der Waals surface area contributed by atoms with Gasteiger partial charge in [-0.2, -0.15) is 0 Å². The fraction of sp³-hybridized carbons (Fsp3) is 0.174. The quantitative estimate of drug-likeness (QED) is 0.596. The van der Waals surface area contributed by atoms with Gasteiger partial charge in [0.25, 0.3) is 0 Å². The van der Waals surface area contributed by atoms with Crippen LogP contribution in [0.4, 0.5) is 0 Å². The fourth-order valence-corrected chi connectivity index (χ4v) is 1.94. The van der Waals surface area contributed by atoms with Gasteiger partial charge in [-0.05, 0) is 49.6 Å². The summed E-state index contributed by atoms with van der Waals surface area (Å²) in [6.07, 6.45) is 17.4. The standard InChI is InChI=1S/C14H18N2.C8H9N.CH3NO/c1-3-4-5-7-12(2)10-14(15)13-8-6-9-16-11-13;1-7(2)8-4-3-5-9-6-8;2-1-3/h3-11,14H,15H2,1-2H3;3-6H,1H2,2H3;1H,(H2,2,3)/b4-3-,7-5-,12-10-;;. The minimum absolute atomic E-state index is 0.0936. The Labute approximate surface area is 168 Å². The molecule has 0 radical (unpaired) electrons. The highest BCUT2D eigenvalue weighted by atomic mass is 16.1. The predicted molar refractivity (Wildman–Crippen MR) is 118 cm³/mol. The molecule has 5 heteroatoms. The number of aromatic nitrogens is 2. The van der Waals surface area contributed by atoms with Crippen molar-refractivity contribution in [2.24, 2.45) is 11.5 Å². The molecular weight excluding hydrogens is 348 g/mol. The van der Waals surface area contributed by atoms with Crippen LogP contribution in [-0.4, -0.2) is 16.4 Å². The molecule has 2 rings (SSSR count). The maximum atomic E-state index is 8.58. The molecule has 1 amide bonds. The van der Waals surface area contributed by atoms with Crippen molar-refractivity contribution in [2.75, 3.05) is 0 Å². The van der Waals surface area contributed by atoms with Crippen LogP contribution in [0.15, 0.2) is 91.6 Å². The summed E-state index contributed by atoms with van der Waals surface area (Å²) in [7, 11) is 0. The molecule has 2 aromatic heterocycles. The van der Waals surface area contributed by atoms with Gasteiger partial charge in [-0.25, -0.2) is 0 Å². The summed E-state index contributed by atoms with van der Waals surface area (Å²) in [4.78, 5) is 16.6. The molecule has 5 nitrogen and oxygen atoms in total. The lowest BCUT2D eigenvalue weighted by molar-refractivity contribution is -0.106. The molecule has 0 aliphatic heterocycles. The summed E-state index contributed by atoms with van der Waals surface area (Å²) in [5, 5.41) is 0. The van der Waals surface area contributed by atoms with Gasteiger partial charge in [-0.3, -0.25) is 14.8 Å². The van der Waals surface area contributed by atoms with Crippen LogP contribution >= 0.6 is 0 Å². The van der Waals surface area contributed by atoms with Crippen molar-refractivity contribution >= 4 is 12.0 Å². The Morgan fingerprint density at radius 1 is 1.11 bits per heavy atom. The van der Waals surface area contributed by atoms with Crippen molar-refractivity contribution in [2.45, 2.75) is 26.8 Å². The highest BCUT2D eigenvalue weighted by Gasteiger charge is 2.01. The van der Waals surface area contributed by atoms with Crippen LogP contribution in [0, 0.1) is 0 Å². The minimum Gasteiger partial charge on any atom is -0.372 e. The van der Waals surface area contributed by atoms with E-state index in [0.29, 0.717) is 0 Å². The van der Waals surface area contributed by atoms with Gasteiger partial charge in [0, 0.05) is 24.8 Å². The lowest BCUT2D eigenvalue weighted by atomic mass is 10.1. The largest absolute Gasteiger partial charge is 0.372 e. The first-order valence-corrected chi connectivity index (χ1v) is 8.80. The number of primary amides is 1. The van der Waals surface area contributed by atoms with E-state index < -0.39 is 0 Å². The summed E-state index contributed by atoms with van der Waals surface area (Å²) < 4.78 is 0. The topological polar surface area (TPSA) is 94.9 Å². The second-order valence-electron chi connectivity index (χ2n) is 5.77. The average molecular weight is 379 g/mol. The maximum Gasteiger partial charge on any atom is 0.204 e. The summed E-state index contributed by atoms with van der Waals surface area (Å²) >= 11 is 0. The zero-order valence-electron chi connectivity index (χ0n) is 16.8. The maximum absolute atomic E-state index is 8.58. The van der Waals surface area contributed by atoms with Crippen molar-refractivity contribution in [3.63, 3.8) is 0 Å². The summed E-state index contributed by atoms with van der Waals surface area (Å²) in [5.41, 5.74) is 14.5. The van der Waals surface area contributed by atoms with Crippen LogP contribution in [0.3, 0.4) is 0 Å². The van der Waals surface area contributed by atoms with Crippen LogP contribution in [0.1, 0.15) is 37.9 Å². The highest BCUT2D eigenvalue weighted by Crippen LogP contribution is 2.12. The molecule has 0 fully saturated rings. The first kappa shape index (κ1) is 24.7. The molecule has 0 saturated carbocycles. The molecule has 2 aromatic rings. The van der Waals surface area contributed by atoms with E-state index in [2.05, 4.69) is 22.3 Å². The van der Waals surface area contributed by atoms with Crippen LogP contribution in [-0.2, 0) is 4.79 Å². The number of amides is 1. The molecule has 0 saturated heterocycles. The van der Waals surface area contributed by atoms with Crippen molar-refractivity contribution in [3.8, 4) is 0 Å². The molecule has 28 heavy (non-hydrogen) atoms. The van der Waals surface area contributed by atoms with Gasteiger partial charge in [0.15, 0.2) is 0 Å². The molecule has 1 unspecified atom stereocenters. The molecule has 0 aliphatic carbocycles. The zero-order valence-corrected chi connectivity index (χ0v) is 16.8. The number of pyridine rings is 2. The molecular formula is C23H30N4O. The predicted octanol–water partition coefficient (Wildman–Crippen LogP) is 4.38. The number of nitrogens with two attached hydrogens (primary N) is 2. The highest BCUT2D eigenvalue weighted by molar-refractivity contribution is 5.59. The third kappa shape index (κ3) is 12.1. The van der Waals surface area contributed by atoms with Crippen molar-refractivity contribution in [1.82, 2.24) is 9.97 Å². The molecule has 0 bridgehead atoms. The van der Waals surface area contributed by atoms with E-state index in [1.165, 1.54) is 0 Å². The van der Waals surface area contributed by atoms with Gasteiger partial charge >= 0.3 is 0 Å². The zero-order chi connectivity index (χ0) is 21.2. The van der Waals surface area contributed by atoms with Gasteiger partial charge in [0.1, 0.15) is 0 Å². The third-order valence-electron chi connectivity index (χ3n) is 3.33. The van der Waals surface area contributed by atoms with Crippen LogP contribution in [0.25, 0.3) is 5.57 Å². The number of nitrogens with zero attached hydrogens (tertiary/aromatic N) is 2. The van der Waals surface area contributed by atoms with E-state index in [-0.39, 0.29) is 12.5 Å². The molecule has 0 spiro atoms. The lowest BCUT2D eigenvalue weighted by Crippen LogP contribution is -2.07. The van der Waals surface area contributed by atoms with Crippen LogP contribution in [0.5, 0.6) is 0 Å². The second kappa shape index (κ2) is 15.9. The Hall–Kier alpha value is -3.31. The van der Waals surface area contributed by atoms with Crippen LogP contribution < -0.4 is 11.5 Å². The van der Waals surface area contributed by atoms with E-state index in [1.807, 2.05) is 81.6 Å². The fourth-order valence-electron chi connectivity index (χ4n) is 1.94.